The van der Waals surface area contributed by atoms with Crippen LogP contribution < -0.4 is 15.6 Å². The normalized spacial score (nSPS) is 19.0. The number of nitrogens with two attached hydrogens (primary N) is 1. The molecule has 2 aliphatic rings. The number of rotatable bonds is 9. The molecule has 42 heavy (non-hydrogen) atoms. The molecule has 0 aliphatic carbocycles. The molecule has 1 fully saturated rings. The summed E-state index contributed by atoms with van der Waals surface area (Å²) in [7, 11) is 0. The number of aryl methyl sites for hydroxylation is 2. The number of furan rings is 1. The number of anilines is 1. The Kier molecular flexibility index (Phi) is 7.44. The van der Waals surface area contributed by atoms with Crippen molar-refractivity contribution in [2.75, 3.05) is 11.5 Å². The summed E-state index contributed by atoms with van der Waals surface area (Å²) in [6.45, 7) is 6.47. The highest BCUT2D eigenvalue weighted by atomic mass is 32.2. The zero-order valence-electron chi connectivity index (χ0n) is 22.9. The third-order valence-corrected chi connectivity index (χ3v) is 8.80. The van der Waals surface area contributed by atoms with Crippen molar-refractivity contribution in [3.63, 3.8) is 0 Å². The Bertz CT molecular complexity index is 1710. The Labute approximate surface area is 246 Å². The molecule has 0 bridgehead atoms. The molecule has 0 saturated carbocycles. The number of fused-ring (bicyclic) bond motifs is 2. The average Bonchev–Trinajstić information content (AvgIpc) is 3.54. The highest BCUT2D eigenvalue weighted by molar-refractivity contribution is 8.00. The van der Waals surface area contributed by atoms with E-state index in [9.17, 15) is 29.4 Å². The van der Waals surface area contributed by atoms with Gasteiger partial charge in [0.25, 0.3) is 11.8 Å². The summed E-state index contributed by atoms with van der Waals surface area (Å²) in [6.07, 6.45) is 1.81. The zero-order valence-corrected chi connectivity index (χ0v) is 24.5. The van der Waals surface area contributed by atoms with Gasteiger partial charge < -0.3 is 30.5 Å². The number of hydrogen-bond donors (Lipinski definition) is 4. The Balaban J connectivity index is 1.39. The SMILES string of the molecule is Cc1cc2c(C)cc[n+](CC3=C(C(=O)O)N4C(=O)C(NC(=O)C(=NOC(C)(C)C(=O)O)c5csc(N)n5)[C@H]4SC3)c2o1. The highest BCUT2D eigenvalue weighted by Crippen LogP contribution is 2.40. The summed E-state index contributed by atoms with van der Waals surface area (Å²) >= 11 is 2.33. The third kappa shape index (κ3) is 5.18. The molecule has 1 unspecified atom stereocenters. The van der Waals surface area contributed by atoms with E-state index in [0.717, 1.165) is 32.9 Å². The average molecular weight is 616 g/mol. The predicted octanol–water partition coefficient (Wildman–Crippen LogP) is 1.40. The number of carbonyl (C=O) groups excluding carboxylic acids is 2. The number of nitrogen functional groups attached to an aromatic ring is 1. The molecule has 0 radical (unpaired) electrons. The van der Waals surface area contributed by atoms with Gasteiger partial charge in [-0.15, -0.1) is 23.1 Å². The van der Waals surface area contributed by atoms with Crippen LogP contribution in [-0.2, 0) is 30.6 Å². The van der Waals surface area contributed by atoms with Gasteiger partial charge in [-0.25, -0.2) is 14.6 Å². The number of nitrogens with one attached hydrogen (secondary N) is 1. The van der Waals surface area contributed by atoms with Gasteiger partial charge in [-0.1, -0.05) is 5.16 Å². The Hall–Kier alpha value is -4.44. The van der Waals surface area contributed by atoms with Crippen LogP contribution in [0.1, 0.15) is 30.9 Å². The number of carbonyl (C=O) groups is 4. The van der Waals surface area contributed by atoms with Gasteiger partial charge in [-0.2, -0.15) is 4.57 Å². The summed E-state index contributed by atoms with van der Waals surface area (Å²) in [4.78, 5) is 60.7. The maximum Gasteiger partial charge on any atom is 0.381 e. The lowest BCUT2D eigenvalue weighted by Gasteiger charge is -2.49. The first kappa shape index (κ1) is 29.1. The van der Waals surface area contributed by atoms with Gasteiger partial charge in [-0.05, 0) is 39.3 Å². The number of aromatic nitrogens is 2. The summed E-state index contributed by atoms with van der Waals surface area (Å²) in [5.41, 5.74) is 5.56. The van der Waals surface area contributed by atoms with Crippen LogP contribution in [-0.4, -0.2) is 72.3 Å². The van der Waals surface area contributed by atoms with E-state index in [1.54, 1.807) is 4.57 Å². The molecule has 3 aromatic rings. The van der Waals surface area contributed by atoms with Crippen molar-refractivity contribution in [1.82, 2.24) is 15.2 Å². The van der Waals surface area contributed by atoms with Gasteiger partial charge >= 0.3 is 17.7 Å². The first-order valence-corrected chi connectivity index (χ1v) is 14.5. The number of nitrogens with zero attached hydrogens (tertiary/aromatic N) is 4. The fraction of sp³-hybridized carbons (Fsp3) is 0.346. The fourth-order valence-corrected chi connectivity index (χ4v) is 6.38. The highest BCUT2D eigenvalue weighted by Gasteiger charge is 2.55. The molecule has 3 aromatic heterocycles. The van der Waals surface area contributed by atoms with E-state index >= 15 is 0 Å². The molecule has 5 N–H and O–H groups in total. The minimum absolute atomic E-state index is 0.0270. The van der Waals surface area contributed by atoms with Crippen LogP contribution in [0, 0.1) is 13.8 Å². The van der Waals surface area contributed by atoms with E-state index in [0.29, 0.717) is 11.3 Å². The lowest BCUT2D eigenvalue weighted by Crippen LogP contribution is -2.71. The molecular formula is C26H27N6O8S2+. The smallest absolute Gasteiger partial charge is 0.381 e. The van der Waals surface area contributed by atoms with Gasteiger partial charge in [0.1, 0.15) is 28.6 Å². The summed E-state index contributed by atoms with van der Waals surface area (Å²) in [5, 5.41) is 27.5. The number of thiazole rings is 1. The van der Waals surface area contributed by atoms with Crippen LogP contribution in [0.5, 0.6) is 0 Å². The second-order valence-electron chi connectivity index (χ2n) is 10.2. The quantitative estimate of drug-likeness (QED) is 0.117. The van der Waals surface area contributed by atoms with Gasteiger partial charge in [0.05, 0.1) is 5.39 Å². The number of thioether (sulfide) groups is 1. The lowest BCUT2D eigenvalue weighted by molar-refractivity contribution is -0.669. The van der Waals surface area contributed by atoms with E-state index in [2.05, 4.69) is 15.5 Å². The van der Waals surface area contributed by atoms with Crippen molar-refractivity contribution in [1.29, 1.82) is 0 Å². The Morgan fingerprint density at radius 2 is 2.07 bits per heavy atom. The number of hydrogen-bond acceptors (Lipinski definition) is 11. The molecule has 0 aromatic carbocycles. The Morgan fingerprint density at radius 3 is 2.71 bits per heavy atom. The number of β-lactam (4-membered cyclic amide) rings is 1. The van der Waals surface area contributed by atoms with E-state index in [4.69, 9.17) is 15.0 Å². The third-order valence-electron chi connectivity index (χ3n) is 6.78. The summed E-state index contributed by atoms with van der Waals surface area (Å²) < 4.78 is 7.67. The maximum atomic E-state index is 13.3. The van der Waals surface area contributed by atoms with Gasteiger partial charge in [0, 0.05) is 22.8 Å². The molecule has 5 rings (SSSR count). The summed E-state index contributed by atoms with van der Waals surface area (Å²) in [6, 6.07) is 2.75. The largest absolute Gasteiger partial charge is 0.478 e. The number of aliphatic carboxylic acids is 2. The molecule has 1 saturated heterocycles. The van der Waals surface area contributed by atoms with E-state index in [1.807, 2.05) is 32.2 Å². The maximum absolute atomic E-state index is 13.3. The lowest BCUT2D eigenvalue weighted by atomic mass is 10.0. The van der Waals surface area contributed by atoms with Crippen LogP contribution >= 0.6 is 23.1 Å². The molecule has 14 nitrogen and oxygen atoms in total. The van der Waals surface area contributed by atoms with E-state index in [-0.39, 0.29) is 34.5 Å². The molecule has 220 valence electrons. The first-order valence-electron chi connectivity index (χ1n) is 12.6. The topological polar surface area (TPSA) is 202 Å². The van der Waals surface area contributed by atoms with Gasteiger partial charge in [0.15, 0.2) is 23.6 Å². The number of pyridine rings is 1. The number of carboxylic acid groups (broad SMARTS) is 2. The van der Waals surface area contributed by atoms with Crippen LogP contribution in [0.3, 0.4) is 0 Å². The second kappa shape index (κ2) is 10.8. The van der Waals surface area contributed by atoms with Crippen LogP contribution in [0.15, 0.2) is 44.6 Å². The van der Waals surface area contributed by atoms with Gasteiger partial charge in [0.2, 0.25) is 5.60 Å². The molecule has 5 heterocycles. The van der Waals surface area contributed by atoms with Crippen molar-refractivity contribution in [3.8, 4) is 0 Å². The monoisotopic (exact) mass is 615 g/mol. The van der Waals surface area contributed by atoms with E-state index in [1.165, 1.54) is 31.0 Å². The van der Waals surface area contributed by atoms with Crippen molar-refractivity contribution in [2.45, 2.75) is 51.3 Å². The molecular weight excluding hydrogens is 588 g/mol. The van der Waals surface area contributed by atoms with E-state index < -0.39 is 40.8 Å². The second-order valence-corrected chi connectivity index (χ2v) is 12.2. The first-order chi connectivity index (χ1) is 19.8. The molecule has 2 amide bonds. The molecule has 16 heteroatoms. The minimum atomic E-state index is -1.76. The van der Waals surface area contributed by atoms with Crippen LogP contribution in [0.4, 0.5) is 5.13 Å². The molecule has 2 atom stereocenters. The van der Waals surface area contributed by atoms with Gasteiger partial charge in [-0.3, -0.25) is 14.5 Å². The summed E-state index contributed by atoms with van der Waals surface area (Å²) in [5.74, 6) is -3.07. The number of amides is 2. The number of carboxylic acids is 2. The van der Waals surface area contributed by atoms with Crippen LogP contribution in [0.25, 0.3) is 11.1 Å². The molecule has 0 spiro atoms. The van der Waals surface area contributed by atoms with Crippen molar-refractivity contribution in [2.24, 2.45) is 5.16 Å². The fourth-order valence-electron chi connectivity index (χ4n) is 4.50. The van der Waals surface area contributed by atoms with Crippen molar-refractivity contribution in [3.05, 3.63) is 52.0 Å². The predicted molar refractivity (Wildman–Crippen MR) is 151 cm³/mol. The molecule has 2 aliphatic heterocycles. The standard InChI is InChI=1S/C26H26N6O8S2/c1-11-5-6-31(21-14(11)7-12(2)39-21)8-13-9-41-22-17(20(34)32(22)18(13)23(35)36)29-19(33)16(15-10-42-25(27)28-15)30-40-26(3,4)24(37)38/h5-7,10,17,22H,8-9H2,1-4H3,(H4-,27,28,29,33,35,36,37,38)/p+1/t17?,22-/m1/s1. The zero-order chi connectivity index (χ0) is 30.5. The van der Waals surface area contributed by atoms with Crippen molar-refractivity contribution >= 4 is 68.8 Å². The number of oxime groups is 1. The Morgan fingerprint density at radius 1 is 1.33 bits per heavy atom. The van der Waals surface area contributed by atoms with Crippen LogP contribution in [0.2, 0.25) is 0 Å². The minimum Gasteiger partial charge on any atom is -0.478 e. The van der Waals surface area contributed by atoms with Crippen molar-refractivity contribution < 1.29 is 43.2 Å².